The van der Waals surface area contributed by atoms with Crippen LogP contribution in [0.4, 0.5) is 11.4 Å². The molecule has 5 nitrogen and oxygen atoms in total. The zero-order chi connectivity index (χ0) is 15.4. The molecule has 2 unspecified atom stereocenters. The van der Waals surface area contributed by atoms with Crippen molar-refractivity contribution in [2.45, 2.75) is 32.7 Å². The lowest BCUT2D eigenvalue weighted by molar-refractivity contribution is -0.121. The van der Waals surface area contributed by atoms with Crippen LogP contribution >= 0.6 is 0 Å². The molecular formula is C16H25N3O2. The van der Waals surface area contributed by atoms with Crippen molar-refractivity contribution in [2.75, 3.05) is 31.2 Å². The molecule has 0 aromatic heterocycles. The van der Waals surface area contributed by atoms with Crippen molar-refractivity contribution in [3.8, 4) is 5.75 Å². The van der Waals surface area contributed by atoms with E-state index in [9.17, 15) is 4.79 Å². The highest BCUT2D eigenvalue weighted by Gasteiger charge is 2.26. The number of piperidine rings is 1. The Balaban J connectivity index is 2.05. The van der Waals surface area contributed by atoms with Gasteiger partial charge in [0.15, 0.2) is 0 Å². The van der Waals surface area contributed by atoms with Gasteiger partial charge in [-0.25, -0.2) is 0 Å². The van der Waals surface area contributed by atoms with E-state index in [2.05, 4.69) is 17.1 Å². The Morgan fingerprint density at radius 2 is 2.29 bits per heavy atom. The second kappa shape index (κ2) is 6.80. The van der Waals surface area contributed by atoms with Crippen LogP contribution in [0.2, 0.25) is 0 Å². The Hall–Kier alpha value is -1.75. The molecule has 0 aliphatic carbocycles. The minimum Gasteiger partial charge on any atom is -0.495 e. The first kappa shape index (κ1) is 15.6. The lowest BCUT2D eigenvalue weighted by Crippen LogP contribution is -2.46. The molecule has 0 saturated carbocycles. The van der Waals surface area contributed by atoms with Crippen LogP contribution in [0.25, 0.3) is 0 Å². The molecule has 116 valence electrons. The monoisotopic (exact) mass is 291 g/mol. The van der Waals surface area contributed by atoms with E-state index in [0.717, 1.165) is 19.5 Å². The third kappa shape index (κ3) is 3.88. The number of amides is 1. The number of benzene rings is 1. The number of nitrogen functional groups attached to an aromatic ring is 1. The van der Waals surface area contributed by atoms with Crippen LogP contribution in [0.5, 0.6) is 5.75 Å². The second-order valence-corrected chi connectivity index (χ2v) is 5.87. The molecular weight excluding hydrogens is 266 g/mol. The van der Waals surface area contributed by atoms with Gasteiger partial charge in [0.25, 0.3) is 0 Å². The number of ether oxygens (including phenoxy) is 1. The molecule has 2 rings (SSSR count). The first-order chi connectivity index (χ1) is 10.0. The van der Waals surface area contributed by atoms with Gasteiger partial charge in [-0.2, -0.15) is 0 Å². The molecule has 0 spiro atoms. The highest BCUT2D eigenvalue weighted by Crippen LogP contribution is 2.27. The van der Waals surface area contributed by atoms with Crippen molar-refractivity contribution in [3.63, 3.8) is 0 Å². The van der Waals surface area contributed by atoms with Crippen LogP contribution < -0.4 is 15.8 Å². The minimum atomic E-state index is -0.154. The van der Waals surface area contributed by atoms with Crippen molar-refractivity contribution in [2.24, 2.45) is 5.92 Å². The summed E-state index contributed by atoms with van der Waals surface area (Å²) in [6, 6.07) is 5.09. The van der Waals surface area contributed by atoms with Crippen LogP contribution in [0.1, 0.15) is 26.7 Å². The number of methoxy groups -OCH3 is 1. The van der Waals surface area contributed by atoms with E-state index in [-0.39, 0.29) is 11.9 Å². The van der Waals surface area contributed by atoms with E-state index in [4.69, 9.17) is 10.5 Å². The topological polar surface area (TPSA) is 67.6 Å². The smallest absolute Gasteiger partial charge is 0.241 e. The molecule has 1 amide bonds. The highest BCUT2D eigenvalue weighted by molar-refractivity contribution is 5.96. The molecule has 0 bridgehead atoms. The van der Waals surface area contributed by atoms with Gasteiger partial charge in [-0.05, 0) is 50.4 Å². The van der Waals surface area contributed by atoms with Gasteiger partial charge in [-0.15, -0.1) is 0 Å². The summed E-state index contributed by atoms with van der Waals surface area (Å²) in [5, 5.41) is 2.93. The van der Waals surface area contributed by atoms with Crippen LogP contribution in [-0.2, 0) is 4.79 Å². The summed E-state index contributed by atoms with van der Waals surface area (Å²) in [6.45, 7) is 6.14. The van der Waals surface area contributed by atoms with Gasteiger partial charge in [0, 0.05) is 12.2 Å². The first-order valence-corrected chi connectivity index (χ1v) is 7.49. The first-order valence-electron chi connectivity index (χ1n) is 7.49. The minimum absolute atomic E-state index is 0.0204. The van der Waals surface area contributed by atoms with E-state index in [0.29, 0.717) is 23.0 Å². The Morgan fingerprint density at radius 1 is 1.52 bits per heavy atom. The molecule has 1 fully saturated rings. The molecule has 1 aromatic rings. The summed E-state index contributed by atoms with van der Waals surface area (Å²) >= 11 is 0. The van der Waals surface area contributed by atoms with Crippen LogP contribution in [0.3, 0.4) is 0 Å². The molecule has 3 N–H and O–H groups in total. The largest absolute Gasteiger partial charge is 0.495 e. The lowest BCUT2D eigenvalue weighted by atomic mass is 9.99. The highest BCUT2D eigenvalue weighted by atomic mass is 16.5. The summed E-state index contributed by atoms with van der Waals surface area (Å²) < 4.78 is 5.26. The van der Waals surface area contributed by atoms with Crippen molar-refractivity contribution in [1.82, 2.24) is 4.90 Å². The summed E-state index contributed by atoms with van der Waals surface area (Å²) in [5.74, 6) is 1.25. The Labute approximate surface area is 126 Å². The maximum Gasteiger partial charge on any atom is 0.241 e. The predicted molar refractivity (Wildman–Crippen MR) is 85.5 cm³/mol. The summed E-state index contributed by atoms with van der Waals surface area (Å²) in [6.07, 6.45) is 2.40. The van der Waals surface area contributed by atoms with E-state index in [1.165, 1.54) is 6.42 Å². The van der Waals surface area contributed by atoms with Crippen molar-refractivity contribution < 1.29 is 9.53 Å². The Kier molecular flexibility index (Phi) is 5.07. The van der Waals surface area contributed by atoms with Crippen molar-refractivity contribution in [1.29, 1.82) is 0 Å². The number of anilines is 2. The fourth-order valence-electron chi connectivity index (χ4n) is 2.80. The maximum atomic E-state index is 12.4. The average molecular weight is 291 g/mol. The standard InChI is InChI=1S/C16H25N3O2/c1-11-5-4-8-19(10-11)12(2)16(20)18-14-9-13(17)6-7-15(14)21-3/h6-7,9,11-12H,4-5,8,10,17H2,1-3H3,(H,18,20). The number of hydrogen-bond donors (Lipinski definition) is 2. The zero-order valence-electron chi connectivity index (χ0n) is 13.1. The van der Waals surface area contributed by atoms with Gasteiger partial charge in [0.1, 0.15) is 5.75 Å². The number of hydrogen-bond acceptors (Lipinski definition) is 4. The van der Waals surface area contributed by atoms with Crippen molar-refractivity contribution in [3.05, 3.63) is 18.2 Å². The third-order valence-electron chi connectivity index (χ3n) is 4.10. The quantitative estimate of drug-likeness (QED) is 0.836. The summed E-state index contributed by atoms with van der Waals surface area (Å²) in [7, 11) is 1.58. The number of nitrogens with one attached hydrogen (secondary N) is 1. The van der Waals surface area contributed by atoms with Crippen LogP contribution in [0, 0.1) is 5.92 Å². The number of carbonyl (C=O) groups excluding carboxylic acids is 1. The van der Waals surface area contributed by atoms with Crippen molar-refractivity contribution >= 4 is 17.3 Å². The maximum absolute atomic E-state index is 12.4. The van der Waals surface area contributed by atoms with Crippen LogP contribution in [0.15, 0.2) is 18.2 Å². The molecule has 5 heteroatoms. The number of rotatable bonds is 4. The van der Waals surface area contributed by atoms with E-state index < -0.39 is 0 Å². The molecule has 0 radical (unpaired) electrons. The Morgan fingerprint density at radius 3 is 2.95 bits per heavy atom. The lowest BCUT2D eigenvalue weighted by Gasteiger charge is -2.34. The van der Waals surface area contributed by atoms with Gasteiger partial charge in [0.2, 0.25) is 5.91 Å². The number of nitrogens with two attached hydrogens (primary N) is 1. The fourth-order valence-corrected chi connectivity index (χ4v) is 2.80. The van der Waals surface area contributed by atoms with Gasteiger partial charge < -0.3 is 15.8 Å². The average Bonchev–Trinajstić information content (AvgIpc) is 2.46. The predicted octanol–water partition coefficient (Wildman–Crippen LogP) is 2.34. The number of carbonyl (C=O) groups is 1. The second-order valence-electron chi connectivity index (χ2n) is 5.87. The SMILES string of the molecule is COc1ccc(N)cc1NC(=O)C(C)N1CCCC(C)C1. The van der Waals surface area contributed by atoms with Gasteiger partial charge in [-0.1, -0.05) is 6.92 Å². The fraction of sp³-hybridized carbons (Fsp3) is 0.562. The molecule has 1 aliphatic heterocycles. The van der Waals surface area contributed by atoms with E-state index in [1.54, 1.807) is 25.3 Å². The van der Waals surface area contributed by atoms with E-state index in [1.807, 2.05) is 6.92 Å². The zero-order valence-corrected chi connectivity index (χ0v) is 13.1. The number of likely N-dealkylation sites (tertiary alicyclic amines) is 1. The molecule has 1 saturated heterocycles. The normalized spacial score (nSPS) is 20.8. The van der Waals surface area contributed by atoms with E-state index >= 15 is 0 Å². The molecule has 1 heterocycles. The van der Waals surface area contributed by atoms with Gasteiger partial charge in [-0.3, -0.25) is 9.69 Å². The summed E-state index contributed by atoms with van der Waals surface area (Å²) in [4.78, 5) is 14.7. The third-order valence-corrected chi connectivity index (χ3v) is 4.10. The molecule has 1 aromatic carbocycles. The van der Waals surface area contributed by atoms with Crippen LogP contribution in [-0.4, -0.2) is 37.0 Å². The molecule has 2 atom stereocenters. The molecule has 21 heavy (non-hydrogen) atoms. The summed E-state index contributed by atoms with van der Waals surface area (Å²) in [5.41, 5.74) is 7.00. The number of nitrogens with zero attached hydrogens (tertiary/aromatic N) is 1. The Bertz CT molecular complexity index is 504. The molecule has 1 aliphatic rings. The van der Waals surface area contributed by atoms with Gasteiger partial charge in [0.05, 0.1) is 18.8 Å². The van der Waals surface area contributed by atoms with Gasteiger partial charge >= 0.3 is 0 Å².